The van der Waals surface area contributed by atoms with Crippen molar-refractivity contribution in [3.8, 4) is 0 Å². The minimum Gasteiger partial charge on any atom is -0.353 e. The van der Waals surface area contributed by atoms with Crippen molar-refractivity contribution in [1.82, 2.24) is 5.32 Å². The van der Waals surface area contributed by atoms with Gasteiger partial charge in [0.25, 0.3) is 10.1 Å². The van der Waals surface area contributed by atoms with Crippen LogP contribution in [0, 0.1) is 6.92 Å². The summed E-state index contributed by atoms with van der Waals surface area (Å²) >= 11 is 0. The molecule has 0 aliphatic rings. The zero-order valence-electron chi connectivity index (χ0n) is 12.2. The SMILES string of the molecule is C=CC(=O)NCCCCCOS(=O)(=O)c1ccc(C)cc1. The molecule has 1 N–H and O–H groups in total. The Labute approximate surface area is 126 Å². The van der Waals surface area contributed by atoms with Crippen LogP contribution in [-0.4, -0.2) is 27.5 Å². The average Bonchev–Trinajstić information content (AvgIpc) is 2.46. The normalized spacial score (nSPS) is 11.1. The number of carbonyl (C=O) groups is 1. The first-order valence-corrected chi connectivity index (χ1v) is 8.23. The molecule has 1 rings (SSSR count). The van der Waals surface area contributed by atoms with Crippen molar-refractivity contribution in [2.75, 3.05) is 13.2 Å². The average molecular weight is 311 g/mol. The summed E-state index contributed by atoms with van der Waals surface area (Å²) in [7, 11) is -3.67. The molecule has 0 aromatic heterocycles. The maximum Gasteiger partial charge on any atom is 0.296 e. The second-order valence-electron chi connectivity index (χ2n) is 4.64. The van der Waals surface area contributed by atoms with Crippen LogP contribution >= 0.6 is 0 Å². The minimum atomic E-state index is -3.67. The zero-order valence-corrected chi connectivity index (χ0v) is 13.0. The highest BCUT2D eigenvalue weighted by Gasteiger charge is 2.14. The fourth-order valence-corrected chi connectivity index (χ4v) is 2.57. The lowest BCUT2D eigenvalue weighted by molar-refractivity contribution is -0.116. The number of nitrogens with one attached hydrogen (secondary N) is 1. The molecule has 6 heteroatoms. The number of benzene rings is 1. The summed E-state index contributed by atoms with van der Waals surface area (Å²) in [6.07, 6.45) is 3.39. The molecule has 0 spiro atoms. The molecule has 0 atom stereocenters. The Morgan fingerprint density at radius 2 is 1.90 bits per heavy atom. The second kappa shape index (κ2) is 8.59. The summed E-state index contributed by atoms with van der Waals surface area (Å²) in [6.45, 7) is 5.94. The molecule has 0 heterocycles. The van der Waals surface area contributed by atoms with Crippen LogP contribution in [0.2, 0.25) is 0 Å². The Morgan fingerprint density at radius 1 is 1.24 bits per heavy atom. The van der Waals surface area contributed by atoms with E-state index in [4.69, 9.17) is 4.18 Å². The van der Waals surface area contributed by atoms with Gasteiger partial charge in [-0.2, -0.15) is 8.42 Å². The molecule has 0 aliphatic carbocycles. The molecule has 0 aliphatic heterocycles. The van der Waals surface area contributed by atoms with Crippen molar-refractivity contribution < 1.29 is 17.4 Å². The van der Waals surface area contributed by atoms with Crippen molar-refractivity contribution in [3.05, 3.63) is 42.5 Å². The summed E-state index contributed by atoms with van der Waals surface area (Å²) in [6, 6.07) is 6.54. The van der Waals surface area contributed by atoms with E-state index in [0.717, 1.165) is 18.4 Å². The predicted octanol–water partition coefficient (Wildman–Crippen LogP) is 2.17. The first kappa shape index (κ1) is 17.4. The van der Waals surface area contributed by atoms with Gasteiger partial charge in [-0.3, -0.25) is 8.98 Å². The number of hydrogen-bond donors (Lipinski definition) is 1. The number of aryl methyl sites for hydroxylation is 1. The van der Waals surface area contributed by atoms with E-state index in [1.165, 1.54) is 18.2 Å². The van der Waals surface area contributed by atoms with E-state index < -0.39 is 10.1 Å². The third-order valence-electron chi connectivity index (χ3n) is 2.85. The molecule has 5 nitrogen and oxygen atoms in total. The smallest absolute Gasteiger partial charge is 0.296 e. The van der Waals surface area contributed by atoms with Gasteiger partial charge in [0.2, 0.25) is 5.91 Å². The van der Waals surface area contributed by atoms with Gasteiger partial charge in [-0.15, -0.1) is 0 Å². The maximum absolute atomic E-state index is 11.9. The number of unbranched alkanes of at least 4 members (excludes halogenated alkanes) is 2. The van der Waals surface area contributed by atoms with E-state index in [2.05, 4.69) is 11.9 Å². The van der Waals surface area contributed by atoms with Gasteiger partial charge >= 0.3 is 0 Å². The van der Waals surface area contributed by atoms with E-state index in [9.17, 15) is 13.2 Å². The number of carbonyl (C=O) groups excluding carboxylic acids is 1. The molecule has 1 amide bonds. The molecular formula is C15H21NO4S. The molecule has 21 heavy (non-hydrogen) atoms. The van der Waals surface area contributed by atoms with Gasteiger partial charge in [-0.25, -0.2) is 0 Å². The fraction of sp³-hybridized carbons (Fsp3) is 0.400. The summed E-state index contributed by atoms with van der Waals surface area (Å²) in [5, 5.41) is 2.65. The first-order valence-electron chi connectivity index (χ1n) is 6.82. The van der Waals surface area contributed by atoms with Crippen LogP contribution in [0.15, 0.2) is 41.8 Å². The Balaban J connectivity index is 2.24. The van der Waals surface area contributed by atoms with Gasteiger partial charge in [0, 0.05) is 6.54 Å². The van der Waals surface area contributed by atoms with E-state index in [-0.39, 0.29) is 17.4 Å². The Kier molecular flexibility index (Phi) is 7.11. The van der Waals surface area contributed by atoms with Crippen LogP contribution in [0.5, 0.6) is 0 Å². The van der Waals surface area contributed by atoms with Gasteiger partial charge < -0.3 is 5.32 Å². The van der Waals surface area contributed by atoms with E-state index in [1.807, 2.05) is 6.92 Å². The van der Waals surface area contributed by atoms with Gasteiger partial charge in [0.05, 0.1) is 11.5 Å². The van der Waals surface area contributed by atoms with E-state index in [0.29, 0.717) is 13.0 Å². The van der Waals surface area contributed by atoms with Crippen molar-refractivity contribution in [2.24, 2.45) is 0 Å². The van der Waals surface area contributed by atoms with Crippen LogP contribution in [0.1, 0.15) is 24.8 Å². The summed E-state index contributed by atoms with van der Waals surface area (Å²) in [4.78, 5) is 11.1. The molecule has 0 saturated heterocycles. The molecular weight excluding hydrogens is 290 g/mol. The van der Waals surface area contributed by atoms with Crippen molar-refractivity contribution >= 4 is 16.0 Å². The largest absolute Gasteiger partial charge is 0.353 e. The van der Waals surface area contributed by atoms with Crippen LogP contribution in [0.3, 0.4) is 0 Å². The van der Waals surface area contributed by atoms with Gasteiger partial charge in [0.15, 0.2) is 0 Å². The van der Waals surface area contributed by atoms with Crippen LogP contribution in [0.4, 0.5) is 0 Å². The van der Waals surface area contributed by atoms with Crippen LogP contribution in [-0.2, 0) is 19.1 Å². The second-order valence-corrected chi connectivity index (χ2v) is 6.26. The Morgan fingerprint density at radius 3 is 2.52 bits per heavy atom. The van der Waals surface area contributed by atoms with E-state index >= 15 is 0 Å². The summed E-state index contributed by atoms with van der Waals surface area (Å²) in [5.41, 5.74) is 0.996. The third kappa shape index (κ3) is 6.55. The predicted molar refractivity (Wildman–Crippen MR) is 81.4 cm³/mol. The molecule has 1 aromatic rings. The summed E-state index contributed by atoms with van der Waals surface area (Å²) < 4.78 is 28.7. The molecule has 1 aromatic carbocycles. The van der Waals surface area contributed by atoms with Crippen molar-refractivity contribution in [2.45, 2.75) is 31.1 Å². The van der Waals surface area contributed by atoms with Gasteiger partial charge in [0.1, 0.15) is 0 Å². The molecule has 0 unspecified atom stereocenters. The molecule has 0 radical (unpaired) electrons. The molecule has 0 saturated carbocycles. The highest BCUT2D eigenvalue weighted by Crippen LogP contribution is 2.13. The lowest BCUT2D eigenvalue weighted by Crippen LogP contribution is -2.21. The Bertz CT molecular complexity index is 564. The monoisotopic (exact) mass is 311 g/mol. The molecule has 0 fully saturated rings. The van der Waals surface area contributed by atoms with Crippen LogP contribution < -0.4 is 5.32 Å². The van der Waals surface area contributed by atoms with Gasteiger partial charge in [-0.05, 0) is 44.4 Å². The highest BCUT2D eigenvalue weighted by atomic mass is 32.2. The minimum absolute atomic E-state index is 0.144. The topological polar surface area (TPSA) is 72.5 Å². The maximum atomic E-state index is 11.9. The first-order chi connectivity index (χ1) is 9.95. The number of hydrogen-bond acceptors (Lipinski definition) is 4. The Hall–Kier alpha value is -1.66. The quantitative estimate of drug-likeness (QED) is 0.431. The lowest BCUT2D eigenvalue weighted by atomic mass is 10.2. The highest BCUT2D eigenvalue weighted by molar-refractivity contribution is 7.86. The van der Waals surface area contributed by atoms with Crippen molar-refractivity contribution in [1.29, 1.82) is 0 Å². The van der Waals surface area contributed by atoms with Crippen LogP contribution in [0.25, 0.3) is 0 Å². The standard InChI is InChI=1S/C15H21NO4S/c1-3-15(17)16-11-5-4-6-12-20-21(18,19)14-9-7-13(2)8-10-14/h3,7-10H,1,4-6,11-12H2,2H3,(H,16,17). The third-order valence-corrected chi connectivity index (χ3v) is 4.18. The molecule has 116 valence electrons. The van der Waals surface area contributed by atoms with E-state index in [1.54, 1.807) is 12.1 Å². The fourth-order valence-electron chi connectivity index (χ4n) is 1.63. The number of rotatable bonds is 9. The van der Waals surface area contributed by atoms with Crippen molar-refractivity contribution in [3.63, 3.8) is 0 Å². The lowest BCUT2D eigenvalue weighted by Gasteiger charge is -2.06. The summed E-state index contributed by atoms with van der Waals surface area (Å²) in [5.74, 6) is -0.201. The number of amides is 1. The van der Waals surface area contributed by atoms with Gasteiger partial charge in [-0.1, -0.05) is 24.3 Å². The zero-order chi connectivity index (χ0) is 15.7. The molecule has 0 bridgehead atoms.